The normalized spacial score (nSPS) is 28.5. The van der Waals surface area contributed by atoms with Gasteiger partial charge in [0.15, 0.2) is 0 Å². The van der Waals surface area contributed by atoms with Crippen molar-refractivity contribution >= 4 is 22.6 Å². The van der Waals surface area contributed by atoms with Crippen LogP contribution in [0.4, 0.5) is 4.39 Å². The van der Waals surface area contributed by atoms with Crippen LogP contribution in [-0.4, -0.2) is 30.4 Å². The summed E-state index contributed by atoms with van der Waals surface area (Å²) in [6.07, 6.45) is -0.183. The zero-order valence-electron chi connectivity index (χ0n) is 10.3. The minimum absolute atomic E-state index is 0.183. The molecule has 0 unspecified atom stereocenters. The number of ether oxygens (including phenoxy) is 1. The third-order valence-electron chi connectivity index (χ3n) is 3.47. The fraction of sp³-hybridized carbons (Fsp3) is 0.538. The Labute approximate surface area is 115 Å². The van der Waals surface area contributed by atoms with Gasteiger partial charge in [0.05, 0.1) is 6.04 Å². The molecular formula is C13H17FINO. The first kappa shape index (κ1) is 13.2. The highest BCUT2D eigenvalue weighted by Crippen LogP contribution is 2.39. The van der Waals surface area contributed by atoms with Crippen LogP contribution in [0.1, 0.15) is 25.5 Å². The maximum absolute atomic E-state index is 13.2. The van der Waals surface area contributed by atoms with Gasteiger partial charge < -0.3 is 4.74 Å². The molecule has 1 aliphatic heterocycles. The van der Waals surface area contributed by atoms with Crippen molar-refractivity contribution < 1.29 is 9.13 Å². The van der Waals surface area contributed by atoms with Crippen LogP contribution < -0.4 is 0 Å². The third kappa shape index (κ3) is 2.48. The van der Waals surface area contributed by atoms with Gasteiger partial charge in [-0.25, -0.2) is 4.39 Å². The quantitative estimate of drug-likeness (QED) is 0.760. The summed E-state index contributed by atoms with van der Waals surface area (Å²) in [5, 5.41) is 0. The van der Waals surface area contributed by atoms with Gasteiger partial charge in [-0.1, -0.05) is 12.1 Å². The second kappa shape index (κ2) is 4.82. The lowest BCUT2D eigenvalue weighted by atomic mass is 10.0. The molecule has 0 N–H and O–H groups in total. The number of benzene rings is 1. The van der Waals surface area contributed by atoms with E-state index in [-0.39, 0.29) is 12.1 Å². The first-order valence-electron chi connectivity index (χ1n) is 5.68. The Morgan fingerprint density at radius 2 is 1.94 bits per heavy atom. The van der Waals surface area contributed by atoms with Crippen molar-refractivity contribution in [3.8, 4) is 0 Å². The summed E-state index contributed by atoms with van der Waals surface area (Å²) >= 11 is 2.26. The molecular weight excluding hydrogens is 332 g/mol. The molecule has 1 aromatic rings. The molecule has 1 fully saturated rings. The van der Waals surface area contributed by atoms with Gasteiger partial charge in [-0.05, 0) is 61.2 Å². The molecule has 2 nitrogen and oxygen atoms in total. The van der Waals surface area contributed by atoms with Gasteiger partial charge >= 0.3 is 0 Å². The molecule has 0 saturated carbocycles. The zero-order chi connectivity index (χ0) is 12.6. The van der Waals surface area contributed by atoms with Crippen molar-refractivity contribution in [1.29, 1.82) is 0 Å². The predicted octanol–water partition coefficient (Wildman–Crippen LogP) is 3.37. The van der Waals surface area contributed by atoms with Crippen LogP contribution in [0.2, 0.25) is 0 Å². The highest BCUT2D eigenvalue weighted by Gasteiger charge is 2.45. The minimum Gasteiger partial charge on any atom is -0.351 e. The lowest BCUT2D eigenvalue weighted by molar-refractivity contribution is -0.0684. The summed E-state index contributed by atoms with van der Waals surface area (Å²) in [5.41, 5.74) is 0.634. The molecule has 94 valence electrons. The average molecular weight is 349 g/mol. The molecule has 0 amide bonds. The van der Waals surface area contributed by atoms with Crippen LogP contribution in [0.5, 0.6) is 0 Å². The van der Waals surface area contributed by atoms with Crippen LogP contribution in [0.25, 0.3) is 0 Å². The highest BCUT2D eigenvalue weighted by molar-refractivity contribution is 14.1. The Morgan fingerprint density at radius 3 is 2.47 bits per heavy atom. The molecule has 1 saturated heterocycles. The molecule has 0 radical (unpaired) electrons. The zero-order valence-corrected chi connectivity index (χ0v) is 12.4. The summed E-state index contributed by atoms with van der Waals surface area (Å²) in [5.74, 6) is 0. The molecule has 1 aromatic carbocycles. The largest absolute Gasteiger partial charge is 0.351 e. The van der Waals surface area contributed by atoms with Crippen molar-refractivity contribution in [2.24, 2.45) is 0 Å². The van der Waals surface area contributed by atoms with Gasteiger partial charge in [-0.15, -0.1) is 0 Å². The first-order chi connectivity index (χ1) is 7.95. The van der Waals surface area contributed by atoms with Crippen LogP contribution in [0.15, 0.2) is 24.3 Å². The number of likely N-dealkylation sites (N-methyl/N-ethyl adjacent to an activating group) is 1. The van der Waals surface area contributed by atoms with E-state index in [2.05, 4.69) is 22.6 Å². The standard InChI is InChI=1S/C13H17FINO/c1-13(2)16(3)11(8-14)12(17-13)9-4-6-10(15)7-5-9/h4-7,11-12H,8H2,1-3H3/t11-,12-/m1/s1. The third-order valence-corrected chi connectivity index (χ3v) is 4.19. The molecule has 17 heavy (non-hydrogen) atoms. The fourth-order valence-electron chi connectivity index (χ4n) is 2.20. The van der Waals surface area contributed by atoms with E-state index in [1.54, 1.807) is 0 Å². The van der Waals surface area contributed by atoms with Gasteiger partial charge in [0.1, 0.15) is 18.5 Å². The number of nitrogens with zero attached hydrogens (tertiary/aromatic N) is 1. The lowest BCUT2D eigenvalue weighted by Gasteiger charge is -2.28. The Balaban J connectivity index is 2.29. The van der Waals surface area contributed by atoms with E-state index in [4.69, 9.17) is 4.74 Å². The van der Waals surface area contributed by atoms with E-state index in [0.29, 0.717) is 0 Å². The van der Waals surface area contributed by atoms with E-state index in [9.17, 15) is 4.39 Å². The van der Waals surface area contributed by atoms with Crippen molar-refractivity contribution in [3.63, 3.8) is 0 Å². The van der Waals surface area contributed by atoms with Crippen molar-refractivity contribution in [1.82, 2.24) is 4.90 Å². The Bertz CT molecular complexity index is 393. The lowest BCUT2D eigenvalue weighted by Crippen LogP contribution is -2.41. The maximum Gasteiger partial charge on any atom is 0.117 e. The van der Waals surface area contributed by atoms with Gasteiger partial charge in [0, 0.05) is 3.57 Å². The highest BCUT2D eigenvalue weighted by atomic mass is 127. The van der Waals surface area contributed by atoms with Gasteiger partial charge in [0.2, 0.25) is 0 Å². The molecule has 2 atom stereocenters. The molecule has 4 heteroatoms. The summed E-state index contributed by atoms with van der Waals surface area (Å²) in [7, 11) is 1.91. The Hall–Kier alpha value is -0.200. The smallest absolute Gasteiger partial charge is 0.117 e. The van der Waals surface area contributed by atoms with E-state index < -0.39 is 12.4 Å². The van der Waals surface area contributed by atoms with Crippen LogP contribution in [0.3, 0.4) is 0 Å². The SMILES string of the molecule is CN1[C@H](CF)[C@@H](c2ccc(I)cc2)OC1(C)C. The summed E-state index contributed by atoms with van der Waals surface area (Å²) in [6.45, 7) is 3.56. The second-order valence-corrected chi connectivity index (χ2v) is 6.11. The van der Waals surface area contributed by atoms with E-state index in [1.807, 2.05) is 50.1 Å². The molecule has 1 aliphatic rings. The topological polar surface area (TPSA) is 12.5 Å². The molecule has 0 spiro atoms. The van der Waals surface area contributed by atoms with Crippen molar-refractivity contribution in [2.45, 2.75) is 31.7 Å². The van der Waals surface area contributed by atoms with E-state index >= 15 is 0 Å². The second-order valence-electron chi connectivity index (χ2n) is 4.87. The van der Waals surface area contributed by atoms with Crippen molar-refractivity contribution in [3.05, 3.63) is 33.4 Å². The molecule has 2 rings (SSSR count). The monoisotopic (exact) mass is 349 g/mol. The maximum atomic E-state index is 13.2. The average Bonchev–Trinajstić information content (AvgIpc) is 2.51. The fourth-order valence-corrected chi connectivity index (χ4v) is 2.56. The first-order valence-corrected chi connectivity index (χ1v) is 6.76. The number of hydrogen-bond acceptors (Lipinski definition) is 2. The molecule has 0 aromatic heterocycles. The number of rotatable bonds is 2. The summed E-state index contributed by atoms with van der Waals surface area (Å²) < 4.78 is 20.3. The summed E-state index contributed by atoms with van der Waals surface area (Å²) in [6, 6.07) is 7.89. The number of alkyl halides is 1. The van der Waals surface area contributed by atoms with E-state index in [1.165, 1.54) is 3.57 Å². The van der Waals surface area contributed by atoms with Gasteiger partial charge in [0.25, 0.3) is 0 Å². The van der Waals surface area contributed by atoms with Crippen LogP contribution in [-0.2, 0) is 4.74 Å². The Morgan fingerprint density at radius 1 is 1.35 bits per heavy atom. The van der Waals surface area contributed by atoms with Crippen molar-refractivity contribution in [2.75, 3.05) is 13.7 Å². The summed E-state index contributed by atoms with van der Waals surface area (Å²) in [4.78, 5) is 1.97. The van der Waals surface area contributed by atoms with Crippen LogP contribution in [0, 0.1) is 3.57 Å². The molecule has 0 bridgehead atoms. The van der Waals surface area contributed by atoms with E-state index in [0.717, 1.165) is 5.56 Å². The minimum atomic E-state index is -0.412. The van der Waals surface area contributed by atoms with Gasteiger partial charge in [-0.3, -0.25) is 4.90 Å². The molecule has 1 heterocycles. The van der Waals surface area contributed by atoms with Gasteiger partial charge in [-0.2, -0.15) is 0 Å². The predicted molar refractivity (Wildman–Crippen MR) is 74.6 cm³/mol. The van der Waals surface area contributed by atoms with Crippen LogP contribution >= 0.6 is 22.6 Å². The number of halogens is 2. The Kier molecular flexibility index (Phi) is 3.75. The number of hydrogen-bond donors (Lipinski definition) is 0. The molecule has 0 aliphatic carbocycles.